The monoisotopic (exact) mass is 414 g/mol. The molecule has 160 valence electrons. The van der Waals surface area contributed by atoms with Crippen molar-refractivity contribution in [1.29, 1.82) is 0 Å². The van der Waals surface area contributed by atoms with Crippen molar-refractivity contribution in [3.05, 3.63) is 94.5 Å². The molecular formula is C28H30O3. The summed E-state index contributed by atoms with van der Waals surface area (Å²) in [6.07, 6.45) is 5.87. The minimum Gasteiger partial charge on any atom is -0.501 e. The second-order valence-corrected chi connectivity index (χ2v) is 9.69. The van der Waals surface area contributed by atoms with Gasteiger partial charge in [0.15, 0.2) is 0 Å². The maximum atomic E-state index is 6.60. The fourth-order valence-electron chi connectivity index (χ4n) is 6.47. The molecule has 0 amide bonds. The SMILES string of the molecule is CC[C@H](C)COC1=C[C@@]23C=C(OC)[C@@H]1C1c4ccccc4C2(COC3)c2ccccc21. The predicted octanol–water partition coefficient (Wildman–Crippen LogP) is 5.55. The molecule has 0 N–H and O–H groups in total. The van der Waals surface area contributed by atoms with Gasteiger partial charge in [0, 0.05) is 5.92 Å². The van der Waals surface area contributed by atoms with E-state index in [2.05, 4.69) is 74.5 Å². The van der Waals surface area contributed by atoms with Gasteiger partial charge in [-0.25, -0.2) is 0 Å². The zero-order valence-electron chi connectivity index (χ0n) is 18.6. The first-order valence-corrected chi connectivity index (χ1v) is 11.5. The Balaban J connectivity index is 1.67. The molecule has 1 aliphatic heterocycles. The second-order valence-electron chi connectivity index (χ2n) is 9.69. The van der Waals surface area contributed by atoms with Crippen LogP contribution in [0.4, 0.5) is 0 Å². The van der Waals surface area contributed by atoms with Crippen LogP contribution >= 0.6 is 0 Å². The smallest absolute Gasteiger partial charge is 0.105 e. The minimum atomic E-state index is -0.322. The van der Waals surface area contributed by atoms with Crippen molar-refractivity contribution in [2.75, 3.05) is 26.9 Å². The number of methoxy groups -OCH3 is 1. The van der Waals surface area contributed by atoms with Gasteiger partial charge in [0.2, 0.25) is 0 Å². The second kappa shape index (κ2) is 6.74. The van der Waals surface area contributed by atoms with Crippen LogP contribution in [-0.2, 0) is 19.6 Å². The first-order chi connectivity index (χ1) is 15.1. The Bertz CT molecular complexity index is 1050. The maximum absolute atomic E-state index is 6.60. The van der Waals surface area contributed by atoms with Gasteiger partial charge in [0.05, 0.1) is 43.7 Å². The Morgan fingerprint density at radius 1 is 0.935 bits per heavy atom. The largest absolute Gasteiger partial charge is 0.501 e. The number of hydrogen-bond acceptors (Lipinski definition) is 3. The molecule has 7 aliphatic rings. The average molecular weight is 415 g/mol. The van der Waals surface area contributed by atoms with E-state index in [9.17, 15) is 0 Å². The highest BCUT2D eigenvalue weighted by Gasteiger charge is 2.64. The van der Waals surface area contributed by atoms with Gasteiger partial charge in [-0.05, 0) is 40.3 Å². The van der Waals surface area contributed by atoms with Gasteiger partial charge in [-0.15, -0.1) is 0 Å². The van der Waals surface area contributed by atoms with E-state index in [1.807, 2.05) is 0 Å². The summed E-state index contributed by atoms with van der Waals surface area (Å²) in [5, 5.41) is 0. The van der Waals surface area contributed by atoms with E-state index in [1.165, 1.54) is 22.3 Å². The molecule has 0 aromatic heterocycles. The normalized spacial score (nSPS) is 32.7. The third-order valence-corrected chi connectivity index (χ3v) is 8.18. The number of benzene rings is 2. The lowest BCUT2D eigenvalue weighted by atomic mass is 9.48. The van der Waals surface area contributed by atoms with Crippen LogP contribution in [0.2, 0.25) is 0 Å². The molecule has 2 spiro atoms. The molecule has 0 saturated carbocycles. The highest BCUT2D eigenvalue weighted by Crippen LogP contribution is 2.66. The Labute approximate surface area is 184 Å². The number of hydrogen-bond donors (Lipinski definition) is 0. The predicted molar refractivity (Wildman–Crippen MR) is 121 cm³/mol. The van der Waals surface area contributed by atoms with Gasteiger partial charge in [0.1, 0.15) is 11.5 Å². The Hall–Kier alpha value is -2.52. The standard InChI is InChI=1S/C28H30O3/c1-4-18(2)15-31-24-14-27-13-23(29-3)26(24)25-19-9-5-7-11-21(19)28(27,17-30-16-27)22-12-8-6-10-20(22)25/h5-14,18,25-26H,4,15-17H2,1-3H3/t18-,25?,26-,27+,28?/m0/s1. The summed E-state index contributed by atoms with van der Waals surface area (Å²) in [5.41, 5.74) is 5.01. The molecular weight excluding hydrogens is 384 g/mol. The van der Waals surface area contributed by atoms with Crippen LogP contribution in [0.3, 0.4) is 0 Å². The lowest BCUT2D eigenvalue weighted by Crippen LogP contribution is -2.52. The van der Waals surface area contributed by atoms with Gasteiger partial charge in [-0.3, -0.25) is 0 Å². The molecule has 1 saturated heterocycles. The van der Waals surface area contributed by atoms with Crippen LogP contribution in [0.25, 0.3) is 0 Å². The molecule has 2 aromatic rings. The Morgan fingerprint density at radius 3 is 2.23 bits per heavy atom. The van der Waals surface area contributed by atoms with E-state index in [0.29, 0.717) is 19.1 Å². The van der Waals surface area contributed by atoms with Crippen LogP contribution < -0.4 is 0 Å². The van der Waals surface area contributed by atoms with E-state index in [1.54, 1.807) is 7.11 Å². The van der Waals surface area contributed by atoms with E-state index in [0.717, 1.165) is 24.5 Å². The number of ether oxygens (including phenoxy) is 3. The van der Waals surface area contributed by atoms with Crippen molar-refractivity contribution in [3.8, 4) is 0 Å². The first kappa shape index (κ1) is 19.2. The van der Waals surface area contributed by atoms with Gasteiger partial charge in [-0.2, -0.15) is 0 Å². The van der Waals surface area contributed by atoms with Gasteiger partial charge >= 0.3 is 0 Å². The first-order valence-electron chi connectivity index (χ1n) is 11.5. The van der Waals surface area contributed by atoms with E-state index < -0.39 is 0 Å². The van der Waals surface area contributed by atoms with E-state index in [-0.39, 0.29) is 22.7 Å². The molecule has 0 radical (unpaired) electrons. The zero-order valence-corrected chi connectivity index (χ0v) is 18.6. The number of rotatable bonds is 5. The summed E-state index contributed by atoms with van der Waals surface area (Å²) in [4.78, 5) is 0. The quantitative estimate of drug-likeness (QED) is 0.642. The van der Waals surface area contributed by atoms with Crippen LogP contribution in [0, 0.1) is 17.3 Å². The molecule has 1 fully saturated rings. The van der Waals surface area contributed by atoms with Crippen LogP contribution in [0.15, 0.2) is 72.2 Å². The molecule has 31 heavy (non-hydrogen) atoms. The third kappa shape index (κ3) is 2.33. The molecule has 1 heterocycles. The summed E-state index contributed by atoms with van der Waals surface area (Å²) < 4.78 is 19.0. The Kier molecular flexibility index (Phi) is 4.17. The van der Waals surface area contributed by atoms with E-state index >= 15 is 0 Å². The Morgan fingerprint density at radius 2 is 1.58 bits per heavy atom. The molecule has 6 aliphatic carbocycles. The zero-order chi connectivity index (χ0) is 21.2. The van der Waals surface area contributed by atoms with E-state index in [4.69, 9.17) is 14.2 Å². The molecule has 3 nitrogen and oxygen atoms in total. The fraction of sp³-hybridized carbons (Fsp3) is 0.429. The summed E-state index contributed by atoms with van der Waals surface area (Å²) in [7, 11) is 1.81. The topological polar surface area (TPSA) is 27.7 Å². The van der Waals surface area contributed by atoms with Crippen molar-refractivity contribution in [1.82, 2.24) is 0 Å². The van der Waals surface area contributed by atoms with Crippen molar-refractivity contribution < 1.29 is 14.2 Å². The third-order valence-electron chi connectivity index (χ3n) is 8.18. The summed E-state index contributed by atoms with van der Waals surface area (Å²) in [6.45, 7) is 6.51. The van der Waals surface area contributed by atoms with Crippen LogP contribution in [0.5, 0.6) is 0 Å². The van der Waals surface area contributed by atoms with Crippen molar-refractivity contribution in [3.63, 3.8) is 0 Å². The van der Waals surface area contributed by atoms with Gasteiger partial charge in [0.25, 0.3) is 0 Å². The molecule has 4 bridgehead atoms. The highest BCUT2D eigenvalue weighted by molar-refractivity contribution is 5.65. The molecule has 2 aromatic carbocycles. The molecule has 3 heteroatoms. The lowest BCUT2D eigenvalue weighted by molar-refractivity contribution is 0.103. The van der Waals surface area contributed by atoms with Crippen molar-refractivity contribution >= 4 is 0 Å². The van der Waals surface area contributed by atoms with Crippen LogP contribution in [0.1, 0.15) is 48.4 Å². The minimum absolute atomic E-state index is 0.0425. The fourth-order valence-corrected chi connectivity index (χ4v) is 6.47. The maximum Gasteiger partial charge on any atom is 0.105 e. The van der Waals surface area contributed by atoms with Gasteiger partial charge in [-0.1, -0.05) is 68.8 Å². The molecule has 0 unspecified atom stereocenters. The van der Waals surface area contributed by atoms with Gasteiger partial charge < -0.3 is 14.2 Å². The highest BCUT2D eigenvalue weighted by atomic mass is 16.5. The lowest BCUT2D eigenvalue weighted by Gasteiger charge is -2.54. The molecule has 9 rings (SSSR count). The summed E-state index contributed by atoms with van der Waals surface area (Å²) in [5.74, 6) is 2.81. The summed E-state index contributed by atoms with van der Waals surface area (Å²) in [6, 6.07) is 18.0. The van der Waals surface area contributed by atoms with Crippen molar-refractivity contribution in [2.45, 2.75) is 31.6 Å². The summed E-state index contributed by atoms with van der Waals surface area (Å²) >= 11 is 0. The average Bonchev–Trinajstić information content (AvgIpc) is 3.13. The van der Waals surface area contributed by atoms with Crippen molar-refractivity contribution in [2.24, 2.45) is 17.3 Å². The van der Waals surface area contributed by atoms with Crippen LogP contribution in [-0.4, -0.2) is 26.9 Å². The molecule has 3 atom stereocenters.